The molecule has 1 amide bonds. The van der Waals surface area contributed by atoms with Crippen LogP contribution in [0.2, 0.25) is 0 Å². The van der Waals surface area contributed by atoms with Gasteiger partial charge in [-0.25, -0.2) is 4.99 Å². The van der Waals surface area contributed by atoms with Crippen LogP contribution >= 0.6 is 24.0 Å². The first kappa shape index (κ1) is 20.7. The fourth-order valence-corrected chi connectivity index (χ4v) is 4.74. The van der Waals surface area contributed by atoms with Crippen LogP contribution in [0.4, 0.5) is 0 Å². The second-order valence-electron chi connectivity index (χ2n) is 7.69. The highest BCUT2D eigenvalue weighted by atomic mass is 127. The lowest BCUT2D eigenvalue weighted by atomic mass is 9.54. The van der Waals surface area contributed by atoms with Crippen molar-refractivity contribution in [1.82, 2.24) is 15.5 Å². The Hall–Kier alpha value is -0.570. The molecule has 25 heavy (non-hydrogen) atoms. The van der Waals surface area contributed by atoms with Crippen LogP contribution in [0.25, 0.3) is 0 Å². The lowest BCUT2D eigenvalue weighted by Gasteiger charge is -2.57. The number of carbonyl (C=O) groups excluding carboxylic acids is 1. The van der Waals surface area contributed by atoms with Gasteiger partial charge in [-0.15, -0.1) is 24.0 Å². The van der Waals surface area contributed by atoms with Gasteiger partial charge in [0.25, 0.3) is 0 Å². The number of likely N-dealkylation sites (N-methyl/N-ethyl adjacent to an activating group) is 1. The fraction of sp³-hybridized carbons (Fsp3) is 0.889. The molecule has 1 heterocycles. The van der Waals surface area contributed by atoms with Crippen LogP contribution in [0.15, 0.2) is 4.99 Å². The number of nitrogens with one attached hydrogen (secondary N) is 2. The molecular formula is C18H33IN4O2. The van der Waals surface area contributed by atoms with E-state index < -0.39 is 0 Å². The monoisotopic (exact) mass is 464 g/mol. The highest BCUT2D eigenvalue weighted by Crippen LogP contribution is 2.60. The second kappa shape index (κ2) is 8.88. The molecule has 3 rings (SSSR count). The van der Waals surface area contributed by atoms with Crippen LogP contribution in [0.1, 0.15) is 45.4 Å². The number of ether oxygens (including phenoxy) is 1. The van der Waals surface area contributed by atoms with E-state index in [-0.39, 0.29) is 36.4 Å². The van der Waals surface area contributed by atoms with Crippen molar-refractivity contribution in [2.45, 2.75) is 57.6 Å². The van der Waals surface area contributed by atoms with E-state index in [2.05, 4.69) is 22.5 Å². The summed E-state index contributed by atoms with van der Waals surface area (Å²) in [5, 5.41) is 7.05. The Labute approximate surface area is 168 Å². The van der Waals surface area contributed by atoms with Gasteiger partial charge in [-0.2, -0.15) is 0 Å². The molecule has 0 aromatic heterocycles. The molecule has 0 bridgehead atoms. The molecule has 3 fully saturated rings. The summed E-state index contributed by atoms with van der Waals surface area (Å²) >= 11 is 0. The van der Waals surface area contributed by atoms with Gasteiger partial charge in [0, 0.05) is 44.6 Å². The van der Waals surface area contributed by atoms with E-state index in [0.29, 0.717) is 23.5 Å². The Morgan fingerprint density at radius 3 is 2.68 bits per heavy atom. The number of aliphatic imine (C=N–C) groups is 1. The van der Waals surface area contributed by atoms with Crippen LogP contribution in [0.5, 0.6) is 0 Å². The van der Waals surface area contributed by atoms with Gasteiger partial charge in [0.1, 0.15) is 6.54 Å². The highest BCUT2D eigenvalue weighted by Gasteiger charge is 2.65. The summed E-state index contributed by atoms with van der Waals surface area (Å²) in [6, 6.07) is 0.435. The van der Waals surface area contributed by atoms with Crippen LogP contribution in [-0.4, -0.2) is 62.7 Å². The Morgan fingerprint density at radius 1 is 1.32 bits per heavy atom. The van der Waals surface area contributed by atoms with Crippen molar-refractivity contribution in [3.05, 3.63) is 0 Å². The van der Waals surface area contributed by atoms with Crippen molar-refractivity contribution < 1.29 is 9.53 Å². The number of guanidine groups is 1. The summed E-state index contributed by atoms with van der Waals surface area (Å²) in [6.07, 6.45) is 7.73. The van der Waals surface area contributed by atoms with Gasteiger partial charge in [0.05, 0.1) is 6.10 Å². The minimum absolute atomic E-state index is 0. The Morgan fingerprint density at radius 2 is 2.04 bits per heavy atom. The summed E-state index contributed by atoms with van der Waals surface area (Å²) in [5.74, 6) is 1.41. The molecule has 2 N–H and O–H groups in total. The summed E-state index contributed by atoms with van der Waals surface area (Å²) in [7, 11) is 3.54. The molecule has 1 aliphatic heterocycles. The Kier molecular flexibility index (Phi) is 7.37. The second-order valence-corrected chi connectivity index (χ2v) is 7.69. The van der Waals surface area contributed by atoms with E-state index in [1.807, 2.05) is 0 Å². The number of rotatable bonds is 5. The van der Waals surface area contributed by atoms with E-state index in [4.69, 9.17) is 4.74 Å². The number of nitrogens with zero attached hydrogens (tertiary/aromatic N) is 2. The maximum atomic E-state index is 11.9. The average Bonchev–Trinajstić information content (AvgIpc) is 3.22. The zero-order valence-corrected chi connectivity index (χ0v) is 18.0. The maximum absolute atomic E-state index is 11.9. The smallest absolute Gasteiger partial charge is 0.243 e. The van der Waals surface area contributed by atoms with Crippen molar-refractivity contribution >= 4 is 35.8 Å². The zero-order valence-electron chi connectivity index (χ0n) is 15.7. The lowest BCUT2D eigenvalue weighted by Crippen LogP contribution is -2.69. The number of halogens is 1. The molecule has 0 aromatic rings. The van der Waals surface area contributed by atoms with Crippen molar-refractivity contribution in [2.75, 3.05) is 33.8 Å². The quantitative estimate of drug-likeness (QED) is 0.371. The molecule has 0 radical (unpaired) electrons. The summed E-state index contributed by atoms with van der Waals surface area (Å²) in [5.41, 5.74) is 0.293. The van der Waals surface area contributed by atoms with E-state index in [9.17, 15) is 4.79 Å². The average molecular weight is 464 g/mol. The Bertz CT molecular complexity index is 491. The topological polar surface area (TPSA) is 66.0 Å². The summed E-state index contributed by atoms with van der Waals surface area (Å²) in [4.78, 5) is 18.0. The predicted octanol–water partition coefficient (Wildman–Crippen LogP) is 1.99. The highest BCUT2D eigenvalue weighted by molar-refractivity contribution is 14.0. The standard InChI is InChI=1S/C18H32N4O2.HI/c1-4-10-19-17(20-12-14(23)22(2)3)21-15-13-7-11-24-16(13)18(15)8-5-6-9-18;/h13,15-16H,4-12H2,1-3H3,(H2,19,20,21);1H. The van der Waals surface area contributed by atoms with Crippen molar-refractivity contribution in [1.29, 1.82) is 0 Å². The number of hydrogen-bond donors (Lipinski definition) is 2. The molecule has 7 heteroatoms. The van der Waals surface area contributed by atoms with Gasteiger partial charge in [0.15, 0.2) is 5.96 Å². The van der Waals surface area contributed by atoms with Crippen LogP contribution in [-0.2, 0) is 9.53 Å². The summed E-state index contributed by atoms with van der Waals surface area (Å²) in [6.45, 7) is 4.09. The predicted molar refractivity (Wildman–Crippen MR) is 110 cm³/mol. The molecule has 3 atom stereocenters. The third-order valence-corrected chi connectivity index (χ3v) is 5.99. The van der Waals surface area contributed by atoms with E-state index >= 15 is 0 Å². The van der Waals surface area contributed by atoms with Crippen molar-refractivity contribution in [2.24, 2.45) is 16.3 Å². The SMILES string of the molecule is CCCNC(=NCC(=O)N(C)C)NC1C2CCOC2C12CCCC2.I. The molecule has 2 saturated carbocycles. The molecule has 6 nitrogen and oxygen atoms in total. The van der Waals surface area contributed by atoms with Crippen molar-refractivity contribution in [3.8, 4) is 0 Å². The fourth-order valence-electron chi connectivity index (χ4n) is 4.74. The molecule has 144 valence electrons. The minimum atomic E-state index is 0. The third-order valence-electron chi connectivity index (χ3n) is 5.99. The van der Waals surface area contributed by atoms with Gasteiger partial charge < -0.3 is 20.3 Å². The first-order chi connectivity index (χ1) is 11.6. The third kappa shape index (κ3) is 4.07. The number of hydrogen-bond acceptors (Lipinski definition) is 3. The van der Waals surface area contributed by atoms with Gasteiger partial charge in [-0.3, -0.25) is 4.79 Å². The normalized spacial score (nSPS) is 29.6. The van der Waals surface area contributed by atoms with Gasteiger partial charge >= 0.3 is 0 Å². The molecular weight excluding hydrogens is 431 g/mol. The van der Waals surface area contributed by atoms with Crippen LogP contribution in [0, 0.1) is 11.3 Å². The van der Waals surface area contributed by atoms with Crippen LogP contribution < -0.4 is 10.6 Å². The van der Waals surface area contributed by atoms with Gasteiger partial charge in [-0.1, -0.05) is 19.8 Å². The molecule has 1 saturated heterocycles. The zero-order chi connectivity index (χ0) is 17.2. The summed E-state index contributed by atoms with van der Waals surface area (Å²) < 4.78 is 6.05. The van der Waals surface area contributed by atoms with E-state index in [0.717, 1.165) is 32.0 Å². The van der Waals surface area contributed by atoms with Crippen molar-refractivity contribution in [3.63, 3.8) is 0 Å². The molecule has 0 aromatic carbocycles. The molecule has 2 aliphatic carbocycles. The maximum Gasteiger partial charge on any atom is 0.243 e. The number of amides is 1. The minimum Gasteiger partial charge on any atom is -0.377 e. The number of fused-ring (bicyclic) bond motifs is 2. The Balaban J connectivity index is 0.00000225. The molecule has 1 spiro atoms. The molecule has 3 aliphatic rings. The van der Waals surface area contributed by atoms with E-state index in [1.54, 1.807) is 19.0 Å². The lowest BCUT2D eigenvalue weighted by molar-refractivity contribution is -0.127. The van der Waals surface area contributed by atoms with Gasteiger partial charge in [-0.05, 0) is 25.7 Å². The number of carbonyl (C=O) groups is 1. The first-order valence-electron chi connectivity index (χ1n) is 9.45. The van der Waals surface area contributed by atoms with E-state index in [1.165, 1.54) is 25.7 Å². The molecule has 3 unspecified atom stereocenters. The largest absolute Gasteiger partial charge is 0.377 e. The van der Waals surface area contributed by atoms with Crippen LogP contribution in [0.3, 0.4) is 0 Å². The first-order valence-corrected chi connectivity index (χ1v) is 9.45. The van der Waals surface area contributed by atoms with Gasteiger partial charge in [0.2, 0.25) is 5.91 Å².